The maximum absolute atomic E-state index is 12.6. The van der Waals surface area contributed by atoms with Crippen LogP contribution < -0.4 is 5.32 Å². The topological polar surface area (TPSA) is 83.6 Å². The summed E-state index contributed by atoms with van der Waals surface area (Å²) in [5.41, 5.74) is 3.00. The number of rotatable bonds is 9. The van der Waals surface area contributed by atoms with Crippen LogP contribution in [0.4, 0.5) is 5.69 Å². The van der Waals surface area contributed by atoms with Crippen LogP contribution in [-0.4, -0.2) is 32.2 Å². The van der Waals surface area contributed by atoms with Gasteiger partial charge in [0.2, 0.25) is 5.91 Å². The third-order valence-corrected chi connectivity index (χ3v) is 6.73. The van der Waals surface area contributed by atoms with Gasteiger partial charge in [0.15, 0.2) is 11.0 Å². The highest BCUT2D eigenvalue weighted by Gasteiger charge is 2.17. The van der Waals surface area contributed by atoms with E-state index in [4.69, 9.17) is 5.26 Å². The third-order valence-electron chi connectivity index (χ3n) is 4.82. The van der Waals surface area contributed by atoms with E-state index in [-0.39, 0.29) is 17.1 Å². The lowest BCUT2D eigenvalue weighted by atomic mass is 9.87. The number of hydrogen-bond acceptors (Lipinski definition) is 6. The summed E-state index contributed by atoms with van der Waals surface area (Å²) >= 11 is 2.73. The smallest absolute Gasteiger partial charge is 0.234 e. The highest BCUT2D eigenvalue weighted by atomic mass is 32.2. The van der Waals surface area contributed by atoms with Gasteiger partial charge in [0.25, 0.3) is 0 Å². The molecular formula is C25H27N5OS2. The Morgan fingerprint density at radius 1 is 1.15 bits per heavy atom. The van der Waals surface area contributed by atoms with Crippen LogP contribution >= 0.6 is 23.5 Å². The summed E-state index contributed by atoms with van der Waals surface area (Å²) in [6, 6.07) is 17.9. The van der Waals surface area contributed by atoms with Crippen molar-refractivity contribution in [3.8, 4) is 17.5 Å². The Balaban J connectivity index is 1.72. The van der Waals surface area contributed by atoms with Gasteiger partial charge in [-0.2, -0.15) is 5.26 Å². The summed E-state index contributed by atoms with van der Waals surface area (Å²) < 4.78 is 1.97. The number of carbonyl (C=O) groups is 1. The van der Waals surface area contributed by atoms with E-state index in [1.165, 1.54) is 29.1 Å². The lowest BCUT2D eigenvalue weighted by Crippen LogP contribution is -2.15. The van der Waals surface area contributed by atoms with Crippen LogP contribution in [0.5, 0.6) is 0 Å². The summed E-state index contributed by atoms with van der Waals surface area (Å²) in [7, 11) is 0. The van der Waals surface area contributed by atoms with E-state index in [2.05, 4.69) is 73.2 Å². The molecule has 1 amide bonds. The first-order valence-corrected chi connectivity index (χ1v) is 12.5. The van der Waals surface area contributed by atoms with Gasteiger partial charge in [-0.3, -0.25) is 9.36 Å². The fourth-order valence-corrected chi connectivity index (χ4v) is 4.56. The number of aromatic nitrogens is 3. The molecule has 0 atom stereocenters. The average Bonchev–Trinajstić information content (AvgIpc) is 3.19. The molecule has 0 saturated heterocycles. The molecule has 3 aromatic rings. The van der Waals surface area contributed by atoms with Gasteiger partial charge < -0.3 is 5.32 Å². The summed E-state index contributed by atoms with van der Waals surface area (Å²) in [5.74, 6) is 1.12. The summed E-state index contributed by atoms with van der Waals surface area (Å²) in [5, 5.41) is 21.1. The van der Waals surface area contributed by atoms with E-state index in [0.717, 1.165) is 16.3 Å². The molecule has 0 bridgehead atoms. The van der Waals surface area contributed by atoms with Gasteiger partial charge in [0, 0.05) is 17.0 Å². The van der Waals surface area contributed by atoms with E-state index in [9.17, 15) is 4.79 Å². The minimum atomic E-state index is -0.144. The molecule has 0 unspecified atom stereocenters. The van der Waals surface area contributed by atoms with Crippen LogP contribution in [0.2, 0.25) is 0 Å². The van der Waals surface area contributed by atoms with Crippen molar-refractivity contribution in [2.24, 2.45) is 0 Å². The van der Waals surface area contributed by atoms with E-state index in [0.29, 0.717) is 23.1 Å². The second-order valence-electron chi connectivity index (χ2n) is 8.31. The quantitative estimate of drug-likeness (QED) is 0.311. The number of nitriles is 1. The Labute approximate surface area is 203 Å². The minimum absolute atomic E-state index is 0.0768. The molecule has 0 aliphatic rings. The second kappa shape index (κ2) is 11.2. The van der Waals surface area contributed by atoms with Crippen LogP contribution in [0.3, 0.4) is 0 Å². The van der Waals surface area contributed by atoms with Crippen molar-refractivity contribution < 1.29 is 4.79 Å². The van der Waals surface area contributed by atoms with Crippen LogP contribution in [0.15, 0.2) is 71.2 Å². The third kappa shape index (κ3) is 6.50. The monoisotopic (exact) mass is 477 g/mol. The molecule has 0 fully saturated rings. The van der Waals surface area contributed by atoms with Gasteiger partial charge in [-0.15, -0.1) is 28.5 Å². The standard InChI is InChI=1S/C25H27N5OS2/c1-5-15-30-23(18-10-12-19(13-11-18)25(2,3)4)28-29-24(30)33-17-22(31)27-20-8-6-7-9-21(20)32-16-14-26/h5-13H,1,15-17H2,2-4H3,(H,27,31). The molecule has 1 N–H and O–H groups in total. The Hall–Kier alpha value is -3.02. The lowest BCUT2D eigenvalue weighted by Gasteiger charge is -2.19. The van der Waals surface area contributed by atoms with Gasteiger partial charge in [0.1, 0.15) is 0 Å². The number of nitrogens with zero attached hydrogens (tertiary/aromatic N) is 4. The van der Waals surface area contributed by atoms with Gasteiger partial charge in [-0.05, 0) is 23.1 Å². The number of allylic oxidation sites excluding steroid dienone is 1. The van der Waals surface area contributed by atoms with Crippen LogP contribution in [0.25, 0.3) is 11.4 Å². The first kappa shape index (κ1) is 24.6. The van der Waals surface area contributed by atoms with Gasteiger partial charge >= 0.3 is 0 Å². The van der Waals surface area contributed by atoms with E-state index in [1.807, 2.05) is 28.8 Å². The molecule has 33 heavy (non-hydrogen) atoms. The normalized spacial score (nSPS) is 11.1. The maximum atomic E-state index is 12.6. The van der Waals surface area contributed by atoms with Crippen molar-refractivity contribution >= 4 is 35.1 Å². The molecule has 6 nitrogen and oxygen atoms in total. The van der Waals surface area contributed by atoms with Crippen LogP contribution in [0.1, 0.15) is 26.3 Å². The number of anilines is 1. The van der Waals surface area contributed by atoms with E-state index >= 15 is 0 Å². The Morgan fingerprint density at radius 2 is 1.88 bits per heavy atom. The highest BCUT2D eigenvalue weighted by Crippen LogP contribution is 2.29. The maximum Gasteiger partial charge on any atom is 0.234 e. The largest absolute Gasteiger partial charge is 0.324 e. The van der Waals surface area contributed by atoms with E-state index in [1.54, 1.807) is 6.08 Å². The average molecular weight is 478 g/mol. The molecule has 3 rings (SSSR count). The number of benzene rings is 2. The second-order valence-corrected chi connectivity index (χ2v) is 10.3. The zero-order chi connectivity index (χ0) is 23.8. The fraction of sp³-hybridized carbons (Fsp3) is 0.280. The first-order chi connectivity index (χ1) is 15.8. The van der Waals surface area contributed by atoms with Crippen molar-refractivity contribution in [1.82, 2.24) is 14.8 Å². The zero-order valence-corrected chi connectivity index (χ0v) is 20.7. The van der Waals surface area contributed by atoms with Crippen molar-refractivity contribution in [2.45, 2.75) is 42.8 Å². The predicted octanol–water partition coefficient (Wildman–Crippen LogP) is 5.78. The number of carbonyl (C=O) groups excluding carboxylic acids is 1. The Bertz CT molecular complexity index is 1160. The van der Waals surface area contributed by atoms with Crippen LogP contribution in [0, 0.1) is 11.3 Å². The summed E-state index contributed by atoms with van der Waals surface area (Å²) in [4.78, 5) is 13.5. The molecule has 0 aliphatic carbocycles. The SMILES string of the molecule is C=CCn1c(SCC(=O)Nc2ccccc2SCC#N)nnc1-c1ccc(C(C)(C)C)cc1. The predicted molar refractivity (Wildman–Crippen MR) is 136 cm³/mol. The van der Waals surface area contributed by atoms with E-state index < -0.39 is 0 Å². The van der Waals surface area contributed by atoms with Crippen molar-refractivity contribution in [3.63, 3.8) is 0 Å². The minimum Gasteiger partial charge on any atom is -0.324 e. The lowest BCUT2D eigenvalue weighted by molar-refractivity contribution is -0.113. The highest BCUT2D eigenvalue weighted by molar-refractivity contribution is 8.00. The number of amides is 1. The summed E-state index contributed by atoms with van der Waals surface area (Å²) in [6.45, 7) is 10.9. The number of nitrogens with one attached hydrogen (secondary N) is 1. The number of para-hydroxylation sites is 1. The van der Waals surface area contributed by atoms with Gasteiger partial charge in [-0.1, -0.05) is 75.0 Å². The molecule has 1 heterocycles. The summed E-state index contributed by atoms with van der Waals surface area (Å²) in [6.07, 6.45) is 1.79. The molecule has 0 aliphatic heterocycles. The zero-order valence-electron chi connectivity index (χ0n) is 19.0. The van der Waals surface area contributed by atoms with Crippen molar-refractivity contribution in [2.75, 3.05) is 16.8 Å². The number of hydrogen-bond donors (Lipinski definition) is 1. The first-order valence-electron chi connectivity index (χ1n) is 10.5. The Kier molecular flexibility index (Phi) is 8.37. The van der Waals surface area contributed by atoms with Crippen LogP contribution in [-0.2, 0) is 16.8 Å². The van der Waals surface area contributed by atoms with Crippen molar-refractivity contribution in [1.29, 1.82) is 5.26 Å². The molecular weight excluding hydrogens is 450 g/mol. The molecule has 0 radical (unpaired) electrons. The Morgan fingerprint density at radius 3 is 2.55 bits per heavy atom. The van der Waals surface area contributed by atoms with Crippen molar-refractivity contribution in [3.05, 3.63) is 66.7 Å². The van der Waals surface area contributed by atoms with Gasteiger partial charge in [0.05, 0.1) is 23.3 Å². The molecule has 0 spiro atoms. The molecule has 8 heteroatoms. The molecule has 170 valence electrons. The molecule has 1 aromatic heterocycles. The number of thioether (sulfide) groups is 2. The molecule has 0 saturated carbocycles. The fourth-order valence-electron chi connectivity index (χ4n) is 3.14. The van der Waals surface area contributed by atoms with Gasteiger partial charge in [-0.25, -0.2) is 0 Å². The molecule has 2 aromatic carbocycles.